The first-order chi connectivity index (χ1) is 7.72. The Kier molecular flexibility index (Phi) is 3.47. The molecule has 0 saturated heterocycles. The van der Waals surface area contributed by atoms with Crippen LogP contribution in [0.4, 0.5) is 0 Å². The number of nitrogens with zero attached hydrogens (tertiary/aromatic N) is 2. The van der Waals surface area contributed by atoms with E-state index in [2.05, 4.69) is 14.1 Å². The lowest BCUT2D eigenvalue weighted by atomic mass is 9.83. The molecule has 0 aromatic carbocycles. The molecule has 1 heterocycles. The Morgan fingerprint density at radius 1 is 1.81 bits per heavy atom. The van der Waals surface area contributed by atoms with Crippen molar-refractivity contribution in [3.63, 3.8) is 0 Å². The molecule has 0 bridgehead atoms. The highest BCUT2D eigenvalue weighted by molar-refractivity contribution is 6.99. The van der Waals surface area contributed by atoms with Gasteiger partial charge in [-0.05, 0) is 13.3 Å². The van der Waals surface area contributed by atoms with Gasteiger partial charge >= 0.3 is 0 Å². The molecular formula is C9H14N4O2S. The molecule has 3 atom stereocenters. The van der Waals surface area contributed by atoms with Crippen LogP contribution in [0.5, 0.6) is 0 Å². The molecule has 1 aromatic heterocycles. The fourth-order valence-electron chi connectivity index (χ4n) is 1.72. The molecule has 1 amide bonds. The molecule has 0 radical (unpaired) electrons. The van der Waals surface area contributed by atoms with Crippen molar-refractivity contribution in [3.05, 3.63) is 11.9 Å². The molecular weight excluding hydrogens is 228 g/mol. The lowest BCUT2D eigenvalue weighted by molar-refractivity contribution is -0.0300. The van der Waals surface area contributed by atoms with Crippen LogP contribution in [-0.4, -0.2) is 39.4 Å². The minimum atomic E-state index is -0.237. The van der Waals surface area contributed by atoms with Gasteiger partial charge in [-0.1, -0.05) is 0 Å². The maximum absolute atomic E-state index is 11.7. The van der Waals surface area contributed by atoms with E-state index in [9.17, 15) is 4.79 Å². The van der Waals surface area contributed by atoms with Crippen LogP contribution in [0.1, 0.15) is 23.8 Å². The van der Waals surface area contributed by atoms with Gasteiger partial charge in [-0.3, -0.25) is 4.79 Å². The number of hydrogen-bond acceptors (Lipinski definition) is 6. The van der Waals surface area contributed by atoms with E-state index in [-0.39, 0.29) is 24.1 Å². The Hall–Kier alpha value is -1.05. The van der Waals surface area contributed by atoms with Crippen molar-refractivity contribution in [2.24, 2.45) is 5.73 Å². The van der Waals surface area contributed by atoms with E-state index in [4.69, 9.17) is 10.5 Å². The average Bonchev–Trinajstić information content (AvgIpc) is 2.79. The van der Waals surface area contributed by atoms with Gasteiger partial charge in [-0.25, -0.2) is 0 Å². The van der Waals surface area contributed by atoms with Crippen molar-refractivity contribution >= 4 is 17.6 Å². The lowest BCUT2D eigenvalue weighted by Crippen LogP contribution is -2.64. The summed E-state index contributed by atoms with van der Waals surface area (Å²) < 4.78 is 13.1. The summed E-state index contributed by atoms with van der Waals surface area (Å²) in [6.45, 7) is 2.55. The highest BCUT2D eigenvalue weighted by Gasteiger charge is 2.40. The van der Waals surface area contributed by atoms with Crippen molar-refractivity contribution in [1.82, 2.24) is 14.1 Å². The summed E-state index contributed by atoms with van der Waals surface area (Å²) >= 11 is 1.01. The van der Waals surface area contributed by atoms with Gasteiger partial charge in [-0.15, -0.1) is 0 Å². The summed E-state index contributed by atoms with van der Waals surface area (Å²) in [5.74, 6) is -0.237. The number of hydrogen-bond donors (Lipinski definition) is 2. The first-order valence-electron chi connectivity index (χ1n) is 5.18. The van der Waals surface area contributed by atoms with E-state index in [0.29, 0.717) is 12.3 Å². The maximum Gasteiger partial charge on any atom is 0.273 e. The number of carbonyl (C=O) groups excluding carboxylic acids is 1. The SMILES string of the molecule is CCOC1CC(N)C1NC(=O)c1cnsn1. The van der Waals surface area contributed by atoms with E-state index >= 15 is 0 Å². The van der Waals surface area contributed by atoms with E-state index < -0.39 is 0 Å². The molecule has 16 heavy (non-hydrogen) atoms. The standard InChI is InChI=1S/C9H14N4O2S/c1-2-15-7-3-5(10)8(7)12-9(14)6-4-11-16-13-6/h4-5,7-8H,2-3,10H2,1H3,(H,12,14). The zero-order chi connectivity index (χ0) is 11.5. The molecule has 1 aliphatic rings. The van der Waals surface area contributed by atoms with Gasteiger partial charge in [0, 0.05) is 12.6 Å². The quantitative estimate of drug-likeness (QED) is 0.761. The van der Waals surface area contributed by atoms with Gasteiger partial charge < -0.3 is 15.8 Å². The molecule has 7 heteroatoms. The Balaban J connectivity index is 1.91. The highest BCUT2D eigenvalue weighted by atomic mass is 32.1. The third-order valence-corrected chi connectivity index (χ3v) is 3.12. The summed E-state index contributed by atoms with van der Waals surface area (Å²) in [6.07, 6.45) is 2.25. The Morgan fingerprint density at radius 3 is 3.19 bits per heavy atom. The number of rotatable bonds is 4. The molecule has 3 unspecified atom stereocenters. The Morgan fingerprint density at radius 2 is 2.62 bits per heavy atom. The van der Waals surface area contributed by atoms with Crippen molar-refractivity contribution in [2.45, 2.75) is 31.5 Å². The summed E-state index contributed by atoms with van der Waals surface area (Å²) in [4.78, 5) is 11.7. The molecule has 1 fully saturated rings. The first-order valence-corrected chi connectivity index (χ1v) is 5.91. The molecule has 1 aromatic rings. The number of carbonyl (C=O) groups is 1. The molecule has 6 nitrogen and oxygen atoms in total. The molecule has 3 N–H and O–H groups in total. The van der Waals surface area contributed by atoms with Gasteiger partial charge in [-0.2, -0.15) is 8.75 Å². The minimum absolute atomic E-state index is 0.0237. The third kappa shape index (κ3) is 2.21. The fourth-order valence-corrected chi connectivity index (χ4v) is 2.13. The van der Waals surface area contributed by atoms with Crippen LogP contribution in [0.2, 0.25) is 0 Å². The predicted molar refractivity (Wildman–Crippen MR) is 59.2 cm³/mol. The molecule has 1 saturated carbocycles. The zero-order valence-electron chi connectivity index (χ0n) is 8.92. The van der Waals surface area contributed by atoms with Gasteiger partial charge in [0.25, 0.3) is 5.91 Å². The first kappa shape index (κ1) is 11.4. The van der Waals surface area contributed by atoms with E-state index in [0.717, 1.165) is 18.1 Å². The van der Waals surface area contributed by atoms with Gasteiger partial charge in [0.05, 0.1) is 30.1 Å². The highest BCUT2D eigenvalue weighted by Crippen LogP contribution is 2.22. The van der Waals surface area contributed by atoms with Crippen molar-refractivity contribution in [3.8, 4) is 0 Å². The Labute approximate surface area is 97.5 Å². The van der Waals surface area contributed by atoms with Crippen molar-refractivity contribution in [2.75, 3.05) is 6.61 Å². The van der Waals surface area contributed by atoms with E-state index in [1.165, 1.54) is 6.20 Å². The van der Waals surface area contributed by atoms with Crippen LogP contribution in [-0.2, 0) is 4.74 Å². The number of ether oxygens (including phenoxy) is 1. The number of nitrogens with one attached hydrogen (secondary N) is 1. The summed E-state index contributed by atoms with van der Waals surface area (Å²) in [5.41, 5.74) is 6.15. The second-order valence-electron chi connectivity index (χ2n) is 3.69. The zero-order valence-corrected chi connectivity index (χ0v) is 9.74. The fraction of sp³-hybridized carbons (Fsp3) is 0.667. The van der Waals surface area contributed by atoms with Crippen LogP contribution in [0.25, 0.3) is 0 Å². The molecule has 1 aliphatic carbocycles. The third-order valence-electron chi connectivity index (χ3n) is 2.64. The van der Waals surface area contributed by atoms with Crippen LogP contribution in [0, 0.1) is 0 Å². The second kappa shape index (κ2) is 4.86. The van der Waals surface area contributed by atoms with Crippen molar-refractivity contribution in [1.29, 1.82) is 0 Å². The summed E-state index contributed by atoms with van der Waals surface area (Å²) in [7, 11) is 0. The van der Waals surface area contributed by atoms with E-state index in [1.54, 1.807) is 0 Å². The predicted octanol–water partition coefficient (Wildman–Crippen LogP) is -0.227. The lowest BCUT2D eigenvalue weighted by Gasteiger charge is -2.42. The van der Waals surface area contributed by atoms with Gasteiger partial charge in [0.15, 0.2) is 5.69 Å². The van der Waals surface area contributed by atoms with Crippen LogP contribution in [0.15, 0.2) is 6.20 Å². The smallest absolute Gasteiger partial charge is 0.273 e. The molecule has 0 spiro atoms. The Bertz CT molecular complexity index is 354. The molecule has 88 valence electrons. The van der Waals surface area contributed by atoms with Crippen LogP contribution < -0.4 is 11.1 Å². The van der Waals surface area contributed by atoms with Crippen LogP contribution >= 0.6 is 11.7 Å². The van der Waals surface area contributed by atoms with Crippen LogP contribution in [0.3, 0.4) is 0 Å². The number of amides is 1. The summed E-state index contributed by atoms with van der Waals surface area (Å²) in [5, 5.41) is 2.82. The summed E-state index contributed by atoms with van der Waals surface area (Å²) in [6, 6.07) is -0.152. The average molecular weight is 242 g/mol. The number of nitrogens with two attached hydrogens (primary N) is 1. The largest absolute Gasteiger partial charge is 0.376 e. The maximum atomic E-state index is 11.7. The topological polar surface area (TPSA) is 90.1 Å². The van der Waals surface area contributed by atoms with Gasteiger partial charge in [0.1, 0.15) is 0 Å². The normalized spacial score (nSPS) is 28.5. The number of aromatic nitrogens is 2. The van der Waals surface area contributed by atoms with E-state index in [1.807, 2.05) is 6.92 Å². The molecule has 2 rings (SSSR count). The monoisotopic (exact) mass is 242 g/mol. The molecule has 0 aliphatic heterocycles. The van der Waals surface area contributed by atoms with Gasteiger partial charge in [0.2, 0.25) is 0 Å². The second-order valence-corrected chi connectivity index (χ2v) is 4.24. The minimum Gasteiger partial charge on any atom is -0.376 e. The van der Waals surface area contributed by atoms with Crippen molar-refractivity contribution < 1.29 is 9.53 Å².